The van der Waals surface area contributed by atoms with Gasteiger partial charge in [0.15, 0.2) is 11.5 Å². The highest BCUT2D eigenvalue weighted by Gasteiger charge is 2.37. The largest absolute Gasteiger partial charge is 0.493 e. The van der Waals surface area contributed by atoms with Gasteiger partial charge < -0.3 is 14.8 Å². The second kappa shape index (κ2) is 11.6. The summed E-state index contributed by atoms with van der Waals surface area (Å²) >= 11 is 0.537. The van der Waals surface area contributed by atoms with Crippen LogP contribution in [-0.2, 0) is 16.2 Å². The van der Waals surface area contributed by atoms with Crippen molar-refractivity contribution in [3.63, 3.8) is 0 Å². The fourth-order valence-corrected chi connectivity index (χ4v) is 4.36. The van der Waals surface area contributed by atoms with Gasteiger partial charge >= 0.3 is 0 Å². The first-order valence-corrected chi connectivity index (χ1v) is 11.9. The summed E-state index contributed by atoms with van der Waals surface area (Å²) < 4.78 is 24.4. The van der Waals surface area contributed by atoms with E-state index in [0.29, 0.717) is 16.7 Å². The van der Waals surface area contributed by atoms with E-state index in [1.54, 1.807) is 0 Å². The van der Waals surface area contributed by atoms with Crippen molar-refractivity contribution in [3.8, 4) is 11.5 Å². The molecule has 3 amide bonds. The standard InChI is InChI=1S/C26H20FN3O7S/c1-36-21-10-17(20(30(34)35)13-22(21)37-15-16-6-3-2-4-7-16)11-23-25(32)29(26(33)38-23)14-24(31)28-19-9-5-8-18(27)12-19/h2-13H,14-15H2,1H3,(H,28,31)/b23-11+. The fourth-order valence-electron chi connectivity index (χ4n) is 3.53. The number of carbonyl (C=O) groups is 3. The number of hydrogen-bond donors (Lipinski definition) is 1. The number of anilines is 1. The number of nitro groups is 1. The van der Waals surface area contributed by atoms with E-state index in [4.69, 9.17) is 9.47 Å². The van der Waals surface area contributed by atoms with Crippen molar-refractivity contribution in [2.45, 2.75) is 6.61 Å². The molecule has 1 N–H and O–H groups in total. The smallest absolute Gasteiger partial charge is 0.294 e. The Kier molecular flexibility index (Phi) is 8.02. The van der Waals surface area contributed by atoms with Gasteiger partial charge in [-0.2, -0.15) is 0 Å². The molecule has 1 aliphatic heterocycles. The molecule has 12 heteroatoms. The number of nitrogens with zero attached hydrogens (tertiary/aromatic N) is 2. The Morgan fingerprint density at radius 2 is 1.87 bits per heavy atom. The number of amides is 3. The zero-order valence-electron chi connectivity index (χ0n) is 19.9. The van der Waals surface area contributed by atoms with Crippen molar-refractivity contribution in [3.05, 3.63) is 98.7 Å². The van der Waals surface area contributed by atoms with Crippen molar-refractivity contribution in [2.75, 3.05) is 19.0 Å². The summed E-state index contributed by atoms with van der Waals surface area (Å²) in [6.07, 6.45) is 1.19. The Morgan fingerprint density at radius 1 is 1.11 bits per heavy atom. The van der Waals surface area contributed by atoms with Crippen LogP contribution in [0, 0.1) is 15.9 Å². The number of thioether (sulfide) groups is 1. The molecule has 3 aromatic rings. The number of halogens is 1. The van der Waals surface area contributed by atoms with Crippen LogP contribution in [0.15, 0.2) is 71.6 Å². The maximum absolute atomic E-state index is 13.3. The first-order valence-electron chi connectivity index (χ1n) is 11.1. The van der Waals surface area contributed by atoms with E-state index in [1.165, 1.54) is 43.5 Å². The van der Waals surface area contributed by atoms with Crippen LogP contribution in [0.25, 0.3) is 6.08 Å². The quantitative estimate of drug-likeness (QED) is 0.230. The van der Waals surface area contributed by atoms with Crippen LogP contribution in [0.2, 0.25) is 0 Å². The van der Waals surface area contributed by atoms with E-state index in [1.807, 2.05) is 30.3 Å². The summed E-state index contributed by atoms with van der Waals surface area (Å²) in [7, 11) is 1.37. The first-order chi connectivity index (χ1) is 18.2. The Labute approximate surface area is 220 Å². The van der Waals surface area contributed by atoms with E-state index in [0.717, 1.165) is 11.6 Å². The summed E-state index contributed by atoms with van der Waals surface area (Å²) in [5.74, 6) is -1.77. The van der Waals surface area contributed by atoms with Gasteiger partial charge in [-0.3, -0.25) is 29.4 Å². The minimum Gasteiger partial charge on any atom is -0.493 e. The molecule has 3 aromatic carbocycles. The lowest BCUT2D eigenvalue weighted by atomic mass is 10.1. The van der Waals surface area contributed by atoms with E-state index < -0.39 is 34.3 Å². The monoisotopic (exact) mass is 537 g/mol. The molecule has 4 rings (SSSR count). The van der Waals surface area contributed by atoms with Gasteiger partial charge in [0, 0.05) is 5.69 Å². The van der Waals surface area contributed by atoms with Crippen LogP contribution < -0.4 is 14.8 Å². The number of hydrogen-bond acceptors (Lipinski definition) is 8. The SMILES string of the molecule is COc1cc(/C=C2/SC(=O)N(CC(=O)Nc3cccc(F)c3)C2=O)c([N+](=O)[O-])cc1OCc1ccccc1. The Balaban J connectivity index is 1.54. The van der Waals surface area contributed by atoms with Crippen molar-refractivity contribution in [2.24, 2.45) is 0 Å². The predicted octanol–water partition coefficient (Wildman–Crippen LogP) is 5.00. The van der Waals surface area contributed by atoms with Gasteiger partial charge in [-0.05, 0) is 47.7 Å². The van der Waals surface area contributed by atoms with Gasteiger partial charge in [0.1, 0.15) is 19.0 Å². The highest BCUT2D eigenvalue weighted by atomic mass is 32.2. The van der Waals surface area contributed by atoms with Crippen LogP contribution in [0.4, 0.5) is 20.6 Å². The molecular weight excluding hydrogens is 517 g/mol. The zero-order valence-corrected chi connectivity index (χ0v) is 20.7. The first kappa shape index (κ1) is 26.4. The van der Waals surface area contributed by atoms with Crippen molar-refractivity contribution >= 4 is 46.3 Å². The zero-order chi connectivity index (χ0) is 27.2. The van der Waals surface area contributed by atoms with Crippen LogP contribution in [-0.4, -0.2) is 40.5 Å². The van der Waals surface area contributed by atoms with Gasteiger partial charge in [-0.15, -0.1) is 0 Å². The van der Waals surface area contributed by atoms with Crippen LogP contribution in [0.3, 0.4) is 0 Å². The van der Waals surface area contributed by atoms with E-state index >= 15 is 0 Å². The molecule has 0 aromatic heterocycles. The number of rotatable bonds is 9. The number of methoxy groups -OCH3 is 1. The second-order valence-corrected chi connectivity index (χ2v) is 8.91. The minimum absolute atomic E-state index is 0.00798. The van der Waals surface area contributed by atoms with Crippen LogP contribution in [0.1, 0.15) is 11.1 Å². The molecule has 0 saturated carbocycles. The molecule has 0 unspecified atom stereocenters. The Bertz CT molecular complexity index is 1450. The predicted molar refractivity (Wildman–Crippen MR) is 138 cm³/mol. The number of imide groups is 1. The molecule has 10 nitrogen and oxygen atoms in total. The highest BCUT2D eigenvalue weighted by Crippen LogP contribution is 2.39. The van der Waals surface area contributed by atoms with Crippen molar-refractivity contribution in [1.82, 2.24) is 4.90 Å². The highest BCUT2D eigenvalue weighted by molar-refractivity contribution is 8.18. The van der Waals surface area contributed by atoms with Gasteiger partial charge in [0.25, 0.3) is 16.8 Å². The van der Waals surface area contributed by atoms with Gasteiger partial charge in [0.05, 0.1) is 28.6 Å². The van der Waals surface area contributed by atoms with Gasteiger partial charge in [0.2, 0.25) is 5.91 Å². The number of nitrogens with one attached hydrogen (secondary N) is 1. The summed E-state index contributed by atoms with van der Waals surface area (Å²) in [5, 5.41) is 13.5. The van der Waals surface area contributed by atoms with Gasteiger partial charge in [-0.1, -0.05) is 36.4 Å². The molecule has 194 valence electrons. The number of carbonyl (C=O) groups excluding carboxylic acids is 3. The number of ether oxygens (including phenoxy) is 2. The molecule has 0 bridgehead atoms. The molecule has 1 fully saturated rings. The Hall–Kier alpha value is -4.71. The second-order valence-electron chi connectivity index (χ2n) is 7.92. The third-order valence-corrected chi connectivity index (χ3v) is 6.22. The summed E-state index contributed by atoms with van der Waals surface area (Å²) in [6, 6.07) is 16.8. The average molecular weight is 538 g/mol. The normalized spacial score (nSPS) is 14.1. The third kappa shape index (κ3) is 6.16. The van der Waals surface area contributed by atoms with Gasteiger partial charge in [-0.25, -0.2) is 4.39 Å². The summed E-state index contributed by atoms with van der Waals surface area (Å²) in [4.78, 5) is 49.4. The lowest BCUT2D eigenvalue weighted by Gasteiger charge is -2.13. The minimum atomic E-state index is -0.799. The molecule has 1 heterocycles. The van der Waals surface area contributed by atoms with E-state index in [9.17, 15) is 28.9 Å². The molecule has 0 spiro atoms. The third-order valence-electron chi connectivity index (χ3n) is 5.32. The van der Waals surface area contributed by atoms with Crippen molar-refractivity contribution < 1.29 is 33.2 Å². The maximum Gasteiger partial charge on any atom is 0.294 e. The number of nitro benzene ring substituents is 1. The molecule has 0 aliphatic carbocycles. The maximum atomic E-state index is 13.3. The molecule has 1 saturated heterocycles. The molecular formula is C26H20FN3O7S. The van der Waals surface area contributed by atoms with Crippen LogP contribution in [0.5, 0.6) is 11.5 Å². The van der Waals surface area contributed by atoms with Crippen molar-refractivity contribution in [1.29, 1.82) is 0 Å². The topological polar surface area (TPSA) is 128 Å². The molecule has 38 heavy (non-hydrogen) atoms. The van der Waals surface area contributed by atoms with E-state index in [2.05, 4.69) is 5.32 Å². The molecule has 0 atom stereocenters. The van der Waals surface area contributed by atoms with E-state index in [-0.39, 0.29) is 39.9 Å². The molecule has 1 aliphatic rings. The average Bonchev–Trinajstić information content (AvgIpc) is 3.15. The summed E-state index contributed by atoms with van der Waals surface area (Å²) in [5.41, 5.74) is 0.643. The van der Waals surface area contributed by atoms with Crippen LogP contribution >= 0.6 is 11.8 Å². The lowest BCUT2D eigenvalue weighted by molar-refractivity contribution is -0.385. The Morgan fingerprint density at radius 3 is 2.55 bits per heavy atom. The fraction of sp³-hybridized carbons (Fsp3) is 0.115. The summed E-state index contributed by atoms with van der Waals surface area (Å²) in [6.45, 7) is -0.472. The lowest BCUT2D eigenvalue weighted by Crippen LogP contribution is -2.36. The molecule has 0 radical (unpaired) electrons. The number of benzene rings is 3.